The van der Waals surface area contributed by atoms with Gasteiger partial charge in [-0.3, -0.25) is 14.4 Å². The maximum atomic E-state index is 13.1. The highest BCUT2D eigenvalue weighted by atomic mass is 16.2. The minimum Gasteiger partial charge on any atom is -0.334 e. The van der Waals surface area contributed by atoms with Crippen molar-refractivity contribution >= 4 is 5.91 Å². The molecule has 0 spiro atoms. The summed E-state index contributed by atoms with van der Waals surface area (Å²) >= 11 is 0. The second-order valence-corrected chi connectivity index (χ2v) is 9.61. The van der Waals surface area contributed by atoms with Gasteiger partial charge in [-0.1, -0.05) is 26.0 Å². The average molecular weight is 361 g/mol. The molecule has 1 amide bonds. The van der Waals surface area contributed by atoms with E-state index in [0.29, 0.717) is 17.2 Å². The van der Waals surface area contributed by atoms with Gasteiger partial charge >= 0.3 is 0 Å². The van der Waals surface area contributed by atoms with Crippen molar-refractivity contribution in [1.82, 2.24) is 30.1 Å². The third-order valence-electron chi connectivity index (χ3n) is 6.29. The number of amides is 1. The lowest BCUT2D eigenvalue weighted by atomic mass is 9.65. The van der Waals surface area contributed by atoms with Crippen molar-refractivity contribution in [3.8, 4) is 0 Å². The average Bonchev–Trinajstić information content (AvgIpc) is 3.14. The normalized spacial score (nSPS) is 31.3. The van der Waals surface area contributed by atoms with Crippen LogP contribution in [-0.4, -0.2) is 76.0 Å². The van der Waals surface area contributed by atoms with E-state index >= 15 is 0 Å². The molecule has 1 N–H and O–H groups in total. The first-order chi connectivity index (χ1) is 12.3. The van der Waals surface area contributed by atoms with Gasteiger partial charge in [0.25, 0.3) is 5.91 Å². The van der Waals surface area contributed by atoms with Crippen LogP contribution < -0.4 is 5.32 Å². The quantitative estimate of drug-likeness (QED) is 0.875. The summed E-state index contributed by atoms with van der Waals surface area (Å²) in [6, 6.07) is 0.349. The summed E-state index contributed by atoms with van der Waals surface area (Å²) in [5.41, 5.74) is 1.06. The number of fused-ring (bicyclic) bond motifs is 2. The van der Waals surface area contributed by atoms with Gasteiger partial charge in [-0.25, -0.2) is 0 Å². The first-order valence-corrected chi connectivity index (χ1v) is 9.98. The number of likely N-dealkylation sites (tertiary alicyclic amines) is 1. The molecule has 1 saturated carbocycles. The van der Waals surface area contributed by atoms with Gasteiger partial charge in [0.1, 0.15) is 0 Å². The summed E-state index contributed by atoms with van der Waals surface area (Å²) in [4.78, 5) is 17.5. The fourth-order valence-corrected chi connectivity index (χ4v) is 5.53. The molecule has 144 valence electrons. The van der Waals surface area contributed by atoms with Crippen LogP contribution in [0, 0.1) is 10.8 Å². The first-order valence-electron chi connectivity index (χ1n) is 9.98. The minimum absolute atomic E-state index is 0.0600. The van der Waals surface area contributed by atoms with Crippen molar-refractivity contribution in [2.45, 2.75) is 52.6 Å². The molecular formula is C19H32N6O. The highest BCUT2D eigenvalue weighted by Gasteiger charge is 2.51. The number of aromatic nitrogens is 3. The first kappa shape index (κ1) is 17.9. The Kier molecular flexibility index (Phi) is 4.55. The Hall–Kier alpha value is -1.47. The number of hydrogen-bond acceptors (Lipinski definition) is 5. The zero-order chi connectivity index (χ0) is 18.4. The van der Waals surface area contributed by atoms with Crippen molar-refractivity contribution in [3.63, 3.8) is 0 Å². The molecule has 3 fully saturated rings. The standard InChI is InChI=1S/C19H32N6O/c1-18(2)10-15-11-19(3,13-18)14-25(15)17(26)16-12-24(22-21-16)9-8-23-6-4-20-5-7-23/h12,15,20H,4-11,13-14H2,1-3H3/t15-,19-/m1/s1. The fourth-order valence-electron chi connectivity index (χ4n) is 5.53. The topological polar surface area (TPSA) is 66.3 Å². The predicted molar refractivity (Wildman–Crippen MR) is 99.9 cm³/mol. The van der Waals surface area contributed by atoms with Gasteiger partial charge in [0.15, 0.2) is 5.69 Å². The third kappa shape index (κ3) is 3.64. The summed E-state index contributed by atoms with van der Waals surface area (Å²) in [6.07, 6.45) is 5.24. The van der Waals surface area contributed by atoms with E-state index in [1.165, 1.54) is 6.42 Å². The Bertz CT molecular complexity index is 665. The van der Waals surface area contributed by atoms with Crippen LogP contribution in [-0.2, 0) is 6.54 Å². The van der Waals surface area contributed by atoms with Crippen molar-refractivity contribution in [2.24, 2.45) is 10.8 Å². The number of hydrogen-bond donors (Lipinski definition) is 1. The van der Waals surface area contributed by atoms with Crippen molar-refractivity contribution in [2.75, 3.05) is 39.3 Å². The van der Waals surface area contributed by atoms with E-state index < -0.39 is 0 Å². The van der Waals surface area contributed by atoms with E-state index in [-0.39, 0.29) is 11.3 Å². The zero-order valence-electron chi connectivity index (χ0n) is 16.4. The van der Waals surface area contributed by atoms with Crippen LogP contribution in [0.15, 0.2) is 6.20 Å². The third-order valence-corrected chi connectivity index (χ3v) is 6.29. The predicted octanol–water partition coefficient (Wildman–Crippen LogP) is 1.22. The van der Waals surface area contributed by atoms with Crippen LogP contribution in [0.25, 0.3) is 0 Å². The Balaban J connectivity index is 1.39. The molecule has 1 aliphatic carbocycles. The van der Waals surface area contributed by atoms with Crippen LogP contribution >= 0.6 is 0 Å². The maximum Gasteiger partial charge on any atom is 0.276 e. The summed E-state index contributed by atoms with van der Waals surface area (Å²) in [6.45, 7) is 13.8. The Morgan fingerprint density at radius 1 is 1.23 bits per heavy atom. The molecule has 1 aromatic rings. The van der Waals surface area contributed by atoms with Gasteiger partial charge in [-0.15, -0.1) is 5.10 Å². The number of rotatable bonds is 4. The molecule has 4 rings (SSSR count). The monoisotopic (exact) mass is 360 g/mol. The van der Waals surface area contributed by atoms with E-state index in [9.17, 15) is 4.79 Å². The lowest BCUT2D eigenvalue weighted by Gasteiger charge is -2.39. The van der Waals surface area contributed by atoms with Crippen molar-refractivity contribution in [3.05, 3.63) is 11.9 Å². The van der Waals surface area contributed by atoms with Crippen LogP contribution in [0.4, 0.5) is 0 Å². The highest BCUT2D eigenvalue weighted by Crippen LogP contribution is 2.52. The lowest BCUT2D eigenvalue weighted by molar-refractivity contribution is 0.0702. The SMILES string of the molecule is CC1(C)C[C@@H]2C[C@@](C)(CN2C(=O)c2cn(CCN3CCNCC3)nn2)C1. The molecule has 1 aromatic heterocycles. The molecule has 7 nitrogen and oxygen atoms in total. The highest BCUT2D eigenvalue weighted by molar-refractivity contribution is 5.92. The van der Waals surface area contributed by atoms with Gasteiger partial charge in [0.05, 0.1) is 12.7 Å². The van der Waals surface area contributed by atoms with E-state index in [0.717, 1.165) is 58.7 Å². The molecule has 7 heteroatoms. The number of piperazine rings is 1. The lowest BCUT2D eigenvalue weighted by Crippen LogP contribution is -2.44. The number of carbonyl (C=O) groups excluding carboxylic acids is 1. The molecule has 2 bridgehead atoms. The molecule has 3 heterocycles. The molecule has 2 aliphatic heterocycles. The van der Waals surface area contributed by atoms with Crippen LogP contribution in [0.2, 0.25) is 0 Å². The zero-order valence-corrected chi connectivity index (χ0v) is 16.4. The number of nitrogens with one attached hydrogen (secondary N) is 1. The summed E-state index contributed by atoms with van der Waals surface area (Å²) in [7, 11) is 0. The summed E-state index contributed by atoms with van der Waals surface area (Å²) in [5, 5.41) is 11.8. The minimum atomic E-state index is 0.0600. The van der Waals surface area contributed by atoms with Gasteiger partial charge in [-0.05, 0) is 30.1 Å². The van der Waals surface area contributed by atoms with Crippen molar-refractivity contribution < 1.29 is 4.79 Å². The van der Waals surface area contributed by atoms with E-state index in [4.69, 9.17) is 0 Å². The molecule has 0 aromatic carbocycles. The maximum absolute atomic E-state index is 13.1. The molecule has 3 aliphatic rings. The van der Waals surface area contributed by atoms with Gasteiger partial charge in [0.2, 0.25) is 0 Å². The Morgan fingerprint density at radius 3 is 2.77 bits per heavy atom. The smallest absolute Gasteiger partial charge is 0.276 e. The van der Waals surface area contributed by atoms with Crippen LogP contribution in [0.1, 0.15) is 50.5 Å². The van der Waals surface area contributed by atoms with Crippen LogP contribution in [0.3, 0.4) is 0 Å². The van der Waals surface area contributed by atoms with Crippen LogP contribution in [0.5, 0.6) is 0 Å². The van der Waals surface area contributed by atoms with E-state index in [1.54, 1.807) is 0 Å². The fraction of sp³-hybridized carbons (Fsp3) is 0.842. The van der Waals surface area contributed by atoms with E-state index in [1.807, 2.05) is 10.9 Å². The largest absolute Gasteiger partial charge is 0.334 e. The summed E-state index contributed by atoms with van der Waals surface area (Å²) < 4.78 is 1.82. The Labute approximate surface area is 156 Å². The van der Waals surface area contributed by atoms with Gasteiger partial charge in [0, 0.05) is 45.3 Å². The van der Waals surface area contributed by atoms with Gasteiger partial charge in [-0.2, -0.15) is 0 Å². The second kappa shape index (κ2) is 6.60. The number of nitrogens with zero attached hydrogens (tertiary/aromatic N) is 5. The molecule has 2 saturated heterocycles. The van der Waals surface area contributed by atoms with Crippen molar-refractivity contribution in [1.29, 1.82) is 0 Å². The molecular weight excluding hydrogens is 328 g/mol. The Morgan fingerprint density at radius 2 is 2.00 bits per heavy atom. The number of carbonyl (C=O) groups is 1. The molecule has 0 unspecified atom stereocenters. The van der Waals surface area contributed by atoms with Gasteiger partial charge < -0.3 is 10.2 Å². The molecule has 2 atom stereocenters. The molecule has 0 radical (unpaired) electrons. The molecule has 26 heavy (non-hydrogen) atoms. The second-order valence-electron chi connectivity index (χ2n) is 9.61. The summed E-state index contributed by atoms with van der Waals surface area (Å²) in [5.74, 6) is 0.0600. The van der Waals surface area contributed by atoms with E-state index in [2.05, 4.69) is 46.2 Å².